The van der Waals surface area contributed by atoms with Crippen LogP contribution in [0.1, 0.15) is 27.7 Å². The van der Waals surface area contributed by atoms with Crippen LogP contribution in [-0.2, 0) is 4.79 Å². The molecule has 0 spiro atoms. The van der Waals surface area contributed by atoms with Crippen molar-refractivity contribution in [1.29, 1.82) is 0 Å². The van der Waals surface area contributed by atoms with Crippen molar-refractivity contribution in [3.05, 3.63) is 0 Å². The van der Waals surface area contributed by atoms with E-state index in [1.54, 1.807) is 27.7 Å². The largest absolute Gasteiger partial charge is 0.480 e. The van der Waals surface area contributed by atoms with Gasteiger partial charge in [0.15, 0.2) is 0 Å². The fourth-order valence-electron chi connectivity index (χ4n) is 1.36. The van der Waals surface area contributed by atoms with Gasteiger partial charge in [-0.1, -0.05) is 20.8 Å². The van der Waals surface area contributed by atoms with Crippen molar-refractivity contribution in [2.24, 2.45) is 5.41 Å². The summed E-state index contributed by atoms with van der Waals surface area (Å²) in [5.74, 6) is -1.07. The summed E-state index contributed by atoms with van der Waals surface area (Å²) in [6.45, 7) is 6.92. The van der Waals surface area contributed by atoms with Gasteiger partial charge in [0.1, 0.15) is 6.04 Å². The number of carbonyl (C=O) groups is 2. The number of carboxylic acid groups (broad SMARTS) is 1. The van der Waals surface area contributed by atoms with Crippen LogP contribution < -0.4 is 5.32 Å². The van der Waals surface area contributed by atoms with Crippen LogP contribution in [0.5, 0.6) is 0 Å². The second-order valence-corrected chi connectivity index (χ2v) is 5.32. The van der Waals surface area contributed by atoms with E-state index in [4.69, 9.17) is 10.2 Å². The molecule has 0 rings (SSSR count). The Morgan fingerprint density at radius 3 is 2.12 bits per heavy atom. The minimum Gasteiger partial charge on any atom is -0.480 e. The third-order valence-corrected chi connectivity index (χ3v) is 2.27. The normalized spacial score (nSPS) is 14.9. The highest BCUT2D eigenvalue weighted by molar-refractivity contribution is 5.83. The quantitative estimate of drug-likeness (QED) is 0.674. The second-order valence-electron chi connectivity index (χ2n) is 5.32. The minimum atomic E-state index is -1.07. The number of amides is 2. The number of rotatable bonds is 4. The molecule has 0 aromatic rings. The number of carbonyl (C=O) groups excluding carboxylic acids is 1. The zero-order valence-corrected chi connectivity index (χ0v) is 11.0. The van der Waals surface area contributed by atoms with Crippen LogP contribution in [0.4, 0.5) is 4.79 Å². The predicted octanol–water partition coefficient (Wildman–Crippen LogP) is 0.508. The van der Waals surface area contributed by atoms with Crippen LogP contribution in [-0.4, -0.2) is 52.9 Å². The average Bonchev–Trinajstić information content (AvgIpc) is 2.09. The molecule has 0 bridgehead atoms. The van der Waals surface area contributed by atoms with Gasteiger partial charge in [-0.2, -0.15) is 0 Å². The van der Waals surface area contributed by atoms with E-state index in [9.17, 15) is 9.59 Å². The van der Waals surface area contributed by atoms with E-state index in [0.717, 1.165) is 0 Å². The number of carboxylic acids is 1. The third-order valence-electron chi connectivity index (χ3n) is 2.27. The Balaban J connectivity index is 4.58. The number of aliphatic hydroxyl groups is 1. The Morgan fingerprint density at radius 1 is 1.35 bits per heavy atom. The molecule has 0 aliphatic carbocycles. The number of urea groups is 1. The molecular formula is C11H22N2O4. The molecule has 6 heteroatoms. The average molecular weight is 246 g/mol. The molecule has 0 aliphatic heterocycles. The SMILES string of the molecule is CC(O)CN(C)C(=O)N[C@H](C(=O)O)C(C)(C)C. The summed E-state index contributed by atoms with van der Waals surface area (Å²) < 4.78 is 0. The van der Waals surface area contributed by atoms with Crippen molar-refractivity contribution >= 4 is 12.0 Å². The number of likely N-dealkylation sites (N-methyl/N-ethyl adjacent to an activating group) is 1. The van der Waals surface area contributed by atoms with E-state index in [-0.39, 0.29) is 6.54 Å². The first-order valence-corrected chi connectivity index (χ1v) is 5.48. The van der Waals surface area contributed by atoms with Crippen LogP contribution in [0.2, 0.25) is 0 Å². The van der Waals surface area contributed by atoms with Gasteiger partial charge in [0.25, 0.3) is 0 Å². The van der Waals surface area contributed by atoms with Crippen molar-refractivity contribution in [3.8, 4) is 0 Å². The van der Waals surface area contributed by atoms with E-state index in [0.29, 0.717) is 0 Å². The molecule has 6 nitrogen and oxygen atoms in total. The van der Waals surface area contributed by atoms with Gasteiger partial charge in [-0.05, 0) is 12.3 Å². The molecule has 0 saturated heterocycles. The Kier molecular flexibility index (Phi) is 5.41. The fraction of sp³-hybridized carbons (Fsp3) is 0.818. The van der Waals surface area contributed by atoms with Crippen LogP contribution in [0.15, 0.2) is 0 Å². The number of nitrogens with one attached hydrogen (secondary N) is 1. The molecule has 0 heterocycles. The highest BCUT2D eigenvalue weighted by Gasteiger charge is 2.33. The summed E-state index contributed by atoms with van der Waals surface area (Å²) in [7, 11) is 1.50. The van der Waals surface area contributed by atoms with Crippen molar-refractivity contribution in [2.45, 2.75) is 39.8 Å². The van der Waals surface area contributed by atoms with Crippen molar-refractivity contribution in [1.82, 2.24) is 10.2 Å². The maximum atomic E-state index is 11.7. The van der Waals surface area contributed by atoms with Gasteiger partial charge in [-0.15, -0.1) is 0 Å². The van der Waals surface area contributed by atoms with Crippen molar-refractivity contribution in [2.75, 3.05) is 13.6 Å². The highest BCUT2D eigenvalue weighted by Crippen LogP contribution is 2.19. The second kappa shape index (κ2) is 5.86. The molecule has 0 aromatic carbocycles. The molecule has 1 unspecified atom stereocenters. The summed E-state index contributed by atoms with van der Waals surface area (Å²) in [6, 6.07) is -1.47. The topological polar surface area (TPSA) is 89.9 Å². The molecule has 2 amide bonds. The number of aliphatic hydroxyl groups excluding tert-OH is 1. The Morgan fingerprint density at radius 2 is 1.82 bits per heavy atom. The molecule has 100 valence electrons. The van der Waals surface area contributed by atoms with Crippen LogP contribution in [0, 0.1) is 5.41 Å². The molecule has 0 saturated carbocycles. The number of hydrogen-bond donors (Lipinski definition) is 3. The zero-order chi connectivity index (χ0) is 13.8. The Labute approximate surface area is 102 Å². The molecule has 0 radical (unpaired) electrons. The maximum absolute atomic E-state index is 11.7. The van der Waals surface area contributed by atoms with E-state index in [1.807, 2.05) is 0 Å². The lowest BCUT2D eigenvalue weighted by Crippen LogP contribution is -2.53. The standard InChI is InChI=1S/C11H22N2O4/c1-7(14)6-13(5)10(17)12-8(9(15)16)11(2,3)4/h7-8,14H,6H2,1-5H3,(H,12,17)(H,15,16)/t7?,8-/m1/s1. The molecule has 0 aromatic heterocycles. The highest BCUT2D eigenvalue weighted by atomic mass is 16.4. The van der Waals surface area contributed by atoms with E-state index >= 15 is 0 Å². The summed E-state index contributed by atoms with van der Waals surface area (Å²) in [5.41, 5.74) is -0.576. The molecule has 17 heavy (non-hydrogen) atoms. The monoisotopic (exact) mass is 246 g/mol. The molecule has 2 atom stereocenters. The van der Waals surface area contributed by atoms with Gasteiger partial charge in [0, 0.05) is 13.6 Å². The summed E-state index contributed by atoms with van der Waals surface area (Å²) in [5, 5.41) is 20.6. The van der Waals surface area contributed by atoms with Gasteiger partial charge in [0.2, 0.25) is 0 Å². The molecule has 0 fully saturated rings. The fourth-order valence-corrected chi connectivity index (χ4v) is 1.36. The number of hydrogen-bond acceptors (Lipinski definition) is 3. The smallest absolute Gasteiger partial charge is 0.326 e. The van der Waals surface area contributed by atoms with Crippen LogP contribution in [0.3, 0.4) is 0 Å². The number of nitrogens with zero attached hydrogens (tertiary/aromatic N) is 1. The minimum absolute atomic E-state index is 0.155. The van der Waals surface area contributed by atoms with Crippen molar-refractivity contribution < 1.29 is 19.8 Å². The summed E-state index contributed by atoms with van der Waals surface area (Å²) >= 11 is 0. The maximum Gasteiger partial charge on any atom is 0.326 e. The van der Waals surface area contributed by atoms with Gasteiger partial charge in [-0.25, -0.2) is 9.59 Å². The molecular weight excluding hydrogens is 224 g/mol. The predicted molar refractivity (Wildman–Crippen MR) is 63.7 cm³/mol. The molecule has 0 aliphatic rings. The van der Waals surface area contributed by atoms with E-state index in [2.05, 4.69) is 5.32 Å². The Bertz CT molecular complexity index is 284. The van der Waals surface area contributed by atoms with Gasteiger partial charge < -0.3 is 20.4 Å². The van der Waals surface area contributed by atoms with Gasteiger partial charge in [0.05, 0.1) is 6.10 Å². The van der Waals surface area contributed by atoms with E-state index < -0.39 is 29.6 Å². The summed E-state index contributed by atoms with van der Waals surface area (Å²) in [4.78, 5) is 24.0. The number of aliphatic carboxylic acids is 1. The lowest BCUT2D eigenvalue weighted by Gasteiger charge is -2.30. The lowest BCUT2D eigenvalue weighted by molar-refractivity contribution is -0.142. The van der Waals surface area contributed by atoms with E-state index in [1.165, 1.54) is 11.9 Å². The lowest BCUT2D eigenvalue weighted by atomic mass is 9.87. The Hall–Kier alpha value is -1.30. The van der Waals surface area contributed by atoms with Gasteiger partial charge >= 0.3 is 12.0 Å². The van der Waals surface area contributed by atoms with Crippen molar-refractivity contribution in [3.63, 3.8) is 0 Å². The first-order chi connectivity index (χ1) is 7.55. The molecule has 3 N–H and O–H groups in total. The zero-order valence-electron chi connectivity index (χ0n) is 11.0. The van der Waals surface area contributed by atoms with Crippen LogP contribution >= 0.6 is 0 Å². The first-order valence-electron chi connectivity index (χ1n) is 5.48. The summed E-state index contributed by atoms with van der Waals surface area (Å²) in [6.07, 6.45) is -0.649. The van der Waals surface area contributed by atoms with Crippen LogP contribution in [0.25, 0.3) is 0 Å². The third kappa shape index (κ3) is 5.53. The van der Waals surface area contributed by atoms with Gasteiger partial charge in [-0.3, -0.25) is 0 Å². The first kappa shape index (κ1) is 15.7.